The van der Waals surface area contributed by atoms with Gasteiger partial charge in [0.2, 0.25) is 0 Å². The van der Waals surface area contributed by atoms with Crippen LogP contribution in [0.15, 0.2) is 18.2 Å². The second-order valence-corrected chi connectivity index (χ2v) is 6.11. The summed E-state index contributed by atoms with van der Waals surface area (Å²) in [5.74, 6) is -0.393. The summed E-state index contributed by atoms with van der Waals surface area (Å²) in [4.78, 5) is 2.35. The monoisotopic (exact) mass is 275 g/mol. The molecule has 0 atom stereocenters. The topological polar surface area (TPSA) is 39.1 Å². The van der Waals surface area contributed by atoms with Gasteiger partial charge in [-0.05, 0) is 44.5 Å². The summed E-state index contributed by atoms with van der Waals surface area (Å²) >= 11 is 0. The number of hydrogen-bond donors (Lipinski definition) is 1. The van der Waals surface area contributed by atoms with E-state index >= 15 is 0 Å². The van der Waals surface area contributed by atoms with Crippen LogP contribution in [0.4, 0.5) is 4.39 Å². The first-order valence-corrected chi connectivity index (χ1v) is 7.11. The predicted molar refractivity (Wildman–Crippen MR) is 77.7 cm³/mol. The minimum atomic E-state index is -0.393. The minimum Gasteiger partial charge on any atom is -0.312 e. The lowest BCUT2D eigenvalue weighted by Gasteiger charge is -2.38. The van der Waals surface area contributed by atoms with Crippen molar-refractivity contribution in [2.45, 2.75) is 26.3 Å². The third-order valence-corrected chi connectivity index (χ3v) is 4.26. The van der Waals surface area contributed by atoms with E-state index in [2.05, 4.69) is 24.2 Å². The van der Waals surface area contributed by atoms with Crippen molar-refractivity contribution in [1.82, 2.24) is 10.2 Å². The van der Waals surface area contributed by atoms with Gasteiger partial charge in [0.1, 0.15) is 11.9 Å². The van der Waals surface area contributed by atoms with Gasteiger partial charge in [0.05, 0.1) is 5.56 Å². The molecule has 3 nitrogen and oxygen atoms in total. The van der Waals surface area contributed by atoms with Crippen molar-refractivity contribution in [3.63, 3.8) is 0 Å². The zero-order valence-electron chi connectivity index (χ0n) is 12.2. The number of rotatable bonds is 4. The lowest BCUT2D eigenvalue weighted by Crippen LogP contribution is -2.41. The summed E-state index contributed by atoms with van der Waals surface area (Å²) in [6.45, 7) is 5.89. The Morgan fingerprint density at radius 3 is 2.75 bits per heavy atom. The Balaban J connectivity index is 1.89. The van der Waals surface area contributed by atoms with Crippen molar-refractivity contribution in [1.29, 1.82) is 5.26 Å². The molecule has 0 spiro atoms. The lowest BCUT2D eigenvalue weighted by molar-refractivity contribution is 0.136. The van der Waals surface area contributed by atoms with Crippen LogP contribution in [0.1, 0.15) is 30.9 Å². The number of likely N-dealkylation sites (tertiary alicyclic amines) is 1. The van der Waals surface area contributed by atoms with Crippen molar-refractivity contribution >= 4 is 0 Å². The second kappa shape index (κ2) is 6.34. The quantitative estimate of drug-likeness (QED) is 0.917. The molecule has 0 amide bonds. The highest BCUT2D eigenvalue weighted by Crippen LogP contribution is 2.29. The molecule has 0 aromatic heterocycles. The number of halogens is 1. The second-order valence-electron chi connectivity index (χ2n) is 6.11. The van der Waals surface area contributed by atoms with Gasteiger partial charge in [0, 0.05) is 18.7 Å². The van der Waals surface area contributed by atoms with Gasteiger partial charge in [0.15, 0.2) is 0 Å². The van der Waals surface area contributed by atoms with Crippen LogP contribution in [0.5, 0.6) is 0 Å². The molecule has 0 aliphatic carbocycles. The van der Waals surface area contributed by atoms with Crippen molar-refractivity contribution in [2.24, 2.45) is 5.41 Å². The maximum atomic E-state index is 13.9. The maximum absolute atomic E-state index is 13.9. The zero-order chi connectivity index (χ0) is 14.6. The van der Waals surface area contributed by atoms with Crippen molar-refractivity contribution in [2.75, 3.05) is 26.7 Å². The molecule has 1 aromatic carbocycles. The average Bonchev–Trinajstić information content (AvgIpc) is 2.44. The first-order valence-electron chi connectivity index (χ1n) is 7.11. The molecule has 1 aliphatic rings. The Labute approximate surface area is 120 Å². The summed E-state index contributed by atoms with van der Waals surface area (Å²) in [7, 11) is 2.15. The molecule has 1 heterocycles. The molecule has 2 rings (SSSR count). The molecule has 0 radical (unpaired) electrons. The molecule has 4 heteroatoms. The van der Waals surface area contributed by atoms with Crippen LogP contribution < -0.4 is 5.32 Å². The van der Waals surface area contributed by atoms with E-state index in [4.69, 9.17) is 5.26 Å². The van der Waals surface area contributed by atoms with Crippen LogP contribution in [-0.4, -0.2) is 31.6 Å². The van der Waals surface area contributed by atoms with E-state index in [0.717, 1.165) is 32.5 Å². The zero-order valence-corrected chi connectivity index (χ0v) is 12.2. The Kier molecular flexibility index (Phi) is 4.74. The van der Waals surface area contributed by atoms with E-state index in [-0.39, 0.29) is 11.0 Å². The van der Waals surface area contributed by atoms with Crippen LogP contribution in [-0.2, 0) is 6.54 Å². The summed E-state index contributed by atoms with van der Waals surface area (Å²) in [5, 5.41) is 12.2. The first kappa shape index (κ1) is 15.0. The van der Waals surface area contributed by atoms with Gasteiger partial charge in [0.25, 0.3) is 0 Å². The molecule has 1 aromatic rings. The molecule has 0 unspecified atom stereocenters. The van der Waals surface area contributed by atoms with E-state index in [9.17, 15) is 4.39 Å². The van der Waals surface area contributed by atoms with E-state index in [1.54, 1.807) is 12.1 Å². The summed E-state index contributed by atoms with van der Waals surface area (Å²) in [6.07, 6.45) is 2.33. The van der Waals surface area contributed by atoms with Gasteiger partial charge in [-0.3, -0.25) is 0 Å². The summed E-state index contributed by atoms with van der Waals surface area (Å²) in [5.41, 5.74) is 0.978. The highest BCUT2D eigenvalue weighted by molar-refractivity contribution is 5.34. The van der Waals surface area contributed by atoms with Gasteiger partial charge in [-0.2, -0.15) is 5.26 Å². The van der Waals surface area contributed by atoms with Crippen LogP contribution in [0.3, 0.4) is 0 Å². The van der Waals surface area contributed by atoms with E-state index in [0.29, 0.717) is 12.1 Å². The van der Waals surface area contributed by atoms with Crippen molar-refractivity contribution < 1.29 is 4.39 Å². The fourth-order valence-electron chi connectivity index (χ4n) is 2.64. The lowest BCUT2D eigenvalue weighted by atomic mass is 9.80. The Morgan fingerprint density at radius 1 is 1.40 bits per heavy atom. The van der Waals surface area contributed by atoms with Crippen molar-refractivity contribution in [3.8, 4) is 6.07 Å². The maximum Gasteiger partial charge on any atom is 0.145 e. The number of benzene rings is 1. The fraction of sp³-hybridized carbons (Fsp3) is 0.562. The van der Waals surface area contributed by atoms with Gasteiger partial charge < -0.3 is 10.2 Å². The standard InChI is InChI=1S/C16H22FN3/c1-16(6-8-20(2)9-7-16)12-19-11-14-5-3-4-13(10-18)15(14)17/h3-5,19H,6-9,11-12H2,1-2H3. The average molecular weight is 275 g/mol. The molecule has 1 saturated heterocycles. The predicted octanol–water partition coefficient (Wildman–Crippen LogP) is 2.52. The van der Waals surface area contributed by atoms with Gasteiger partial charge in [-0.1, -0.05) is 19.1 Å². The van der Waals surface area contributed by atoms with E-state index in [1.165, 1.54) is 6.07 Å². The molecular formula is C16H22FN3. The smallest absolute Gasteiger partial charge is 0.145 e. The van der Waals surface area contributed by atoms with Crippen LogP contribution >= 0.6 is 0 Å². The highest BCUT2D eigenvalue weighted by Gasteiger charge is 2.28. The SMILES string of the molecule is CN1CCC(C)(CNCc2cccc(C#N)c2F)CC1. The number of hydrogen-bond acceptors (Lipinski definition) is 3. The van der Waals surface area contributed by atoms with Crippen LogP contribution in [0.2, 0.25) is 0 Å². The Hall–Kier alpha value is -1.44. The molecule has 1 aliphatic heterocycles. The summed E-state index contributed by atoms with van der Waals surface area (Å²) in [6, 6.07) is 6.86. The third kappa shape index (κ3) is 3.56. The molecule has 1 fully saturated rings. The first-order chi connectivity index (χ1) is 9.54. The Morgan fingerprint density at radius 2 is 2.10 bits per heavy atom. The molecule has 20 heavy (non-hydrogen) atoms. The minimum absolute atomic E-state index is 0.120. The van der Waals surface area contributed by atoms with E-state index < -0.39 is 5.82 Å². The van der Waals surface area contributed by atoms with Gasteiger partial charge in [-0.15, -0.1) is 0 Å². The molecule has 0 saturated carbocycles. The third-order valence-electron chi connectivity index (χ3n) is 4.26. The molecule has 108 valence electrons. The van der Waals surface area contributed by atoms with Crippen LogP contribution in [0.25, 0.3) is 0 Å². The van der Waals surface area contributed by atoms with Gasteiger partial charge >= 0.3 is 0 Å². The van der Waals surface area contributed by atoms with E-state index in [1.807, 2.05) is 6.07 Å². The number of nitriles is 1. The number of nitrogens with one attached hydrogen (secondary N) is 1. The normalized spacial score (nSPS) is 18.7. The molecule has 0 bridgehead atoms. The Bertz CT molecular complexity index is 499. The fourth-order valence-corrected chi connectivity index (χ4v) is 2.64. The number of piperidine rings is 1. The van der Waals surface area contributed by atoms with Crippen LogP contribution in [0, 0.1) is 22.6 Å². The van der Waals surface area contributed by atoms with Gasteiger partial charge in [-0.25, -0.2) is 4.39 Å². The molecular weight excluding hydrogens is 253 g/mol. The summed E-state index contributed by atoms with van der Waals surface area (Å²) < 4.78 is 13.9. The largest absolute Gasteiger partial charge is 0.312 e. The van der Waals surface area contributed by atoms with Crippen molar-refractivity contribution in [3.05, 3.63) is 35.1 Å². The number of nitrogens with zero attached hydrogens (tertiary/aromatic N) is 2. The highest BCUT2D eigenvalue weighted by atomic mass is 19.1. The molecule has 1 N–H and O–H groups in total.